The lowest BCUT2D eigenvalue weighted by Gasteiger charge is -2.18. The van der Waals surface area contributed by atoms with Crippen molar-refractivity contribution in [3.05, 3.63) is 81.0 Å². The molecule has 2 aliphatic rings. The Morgan fingerprint density at radius 1 is 0.958 bits per heavy atom. The summed E-state index contributed by atoms with van der Waals surface area (Å²) in [5, 5.41) is 0.920. The van der Waals surface area contributed by atoms with Gasteiger partial charge in [0.2, 0.25) is 0 Å². The van der Waals surface area contributed by atoms with E-state index in [2.05, 4.69) is 4.98 Å². The Hall–Kier alpha value is -3.21. The number of hydrogen-bond acceptors (Lipinski definition) is 3. The summed E-state index contributed by atoms with van der Waals surface area (Å²) in [6, 6.07) is 17.5. The standard InChI is InChI=1S/C19H15N3O2/c1-12-6-5-8-14(10-12)22-16-9-4-3-7-13(16)11-15-17(22)20-19(24)21(2)18(15)23/h3-11H,1-2H3. The molecule has 0 bridgehead atoms. The zero-order valence-electron chi connectivity index (χ0n) is 13.4. The molecular formula is C19H15N3O2. The fourth-order valence-electron chi connectivity index (χ4n) is 3.00. The highest BCUT2D eigenvalue weighted by Gasteiger charge is 2.19. The Balaban J connectivity index is 2.28. The molecular weight excluding hydrogens is 302 g/mol. The molecule has 0 spiro atoms. The third-order valence-corrected chi connectivity index (χ3v) is 4.21. The van der Waals surface area contributed by atoms with E-state index in [1.54, 1.807) is 6.07 Å². The van der Waals surface area contributed by atoms with Crippen molar-refractivity contribution in [2.75, 3.05) is 0 Å². The van der Waals surface area contributed by atoms with E-state index in [1.165, 1.54) is 7.05 Å². The molecule has 0 saturated heterocycles. The summed E-state index contributed by atoms with van der Waals surface area (Å²) in [6.07, 6.45) is 0. The molecule has 0 amide bonds. The van der Waals surface area contributed by atoms with Crippen molar-refractivity contribution in [3.8, 4) is 17.1 Å². The van der Waals surface area contributed by atoms with Gasteiger partial charge < -0.3 is 0 Å². The molecule has 0 fully saturated rings. The lowest BCUT2D eigenvalue weighted by Crippen LogP contribution is -2.35. The molecule has 0 saturated carbocycles. The first-order valence-corrected chi connectivity index (χ1v) is 7.65. The van der Waals surface area contributed by atoms with Crippen molar-refractivity contribution in [1.82, 2.24) is 14.1 Å². The van der Waals surface area contributed by atoms with Gasteiger partial charge in [-0.25, -0.2) is 4.79 Å². The van der Waals surface area contributed by atoms with Crippen LogP contribution in [-0.2, 0) is 7.05 Å². The normalized spacial score (nSPS) is 11.2. The van der Waals surface area contributed by atoms with Gasteiger partial charge in [-0.1, -0.05) is 30.3 Å². The molecule has 5 nitrogen and oxygen atoms in total. The first-order chi connectivity index (χ1) is 11.6. The van der Waals surface area contributed by atoms with E-state index in [4.69, 9.17) is 0 Å². The van der Waals surface area contributed by atoms with E-state index < -0.39 is 5.69 Å². The summed E-state index contributed by atoms with van der Waals surface area (Å²) in [7, 11) is 1.45. The van der Waals surface area contributed by atoms with Gasteiger partial charge in [0.15, 0.2) is 5.82 Å². The van der Waals surface area contributed by atoms with E-state index >= 15 is 0 Å². The van der Waals surface area contributed by atoms with Gasteiger partial charge in [0.05, 0.1) is 11.1 Å². The molecule has 0 unspecified atom stereocenters. The Labute approximate surface area is 137 Å². The zero-order valence-corrected chi connectivity index (χ0v) is 13.4. The van der Waals surface area contributed by atoms with Crippen LogP contribution in [-0.4, -0.2) is 14.1 Å². The first kappa shape index (κ1) is 14.4. The first-order valence-electron chi connectivity index (χ1n) is 7.65. The van der Waals surface area contributed by atoms with Gasteiger partial charge in [0, 0.05) is 12.7 Å². The number of pyridine rings is 1. The average molecular weight is 317 g/mol. The number of fused-ring (bicyclic) bond motifs is 2. The van der Waals surface area contributed by atoms with E-state index in [1.807, 2.05) is 60.0 Å². The molecule has 118 valence electrons. The monoisotopic (exact) mass is 317 g/mol. The third-order valence-electron chi connectivity index (χ3n) is 4.21. The molecule has 0 aromatic heterocycles. The van der Waals surface area contributed by atoms with Crippen LogP contribution < -0.4 is 11.2 Å². The molecule has 4 rings (SSSR count). The quantitative estimate of drug-likeness (QED) is 0.507. The Morgan fingerprint density at radius 2 is 1.75 bits per heavy atom. The second kappa shape index (κ2) is 5.16. The van der Waals surface area contributed by atoms with Gasteiger partial charge in [0.1, 0.15) is 0 Å². The predicted octanol–water partition coefficient (Wildman–Crippen LogP) is 2.50. The van der Waals surface area contributed by atoms with Gasteiger partial charge in [-0.05, 0) is 42.1 Å². The van der Waals surface area contributed by atoms with Crippen LogP contribution in [0.15, 0.2) is 64.2 Å². The van der Waals surface area contributed by atoms with Gasteiger partial charge in [0.25, 0.3) is 5.56 Å². The molecule has 0 N–H and O–H groups in total. The van der Waals surface area contributed by atoms with Crippen molar-refractivity contribution in [3.63, 3.8) is 0 Å². The lowest BCUT2D eigenvalue weighted by molar-refractivity contribution is 0.766. The van der Waals surface area contributed by atoms with E-state index in [0.29, 0.717) is 11.4 Å². The van der Waals surface area contributed by atoms with E-state index in [-0.39, 0.29) is 5.56 Å². The summed E-state index contributed by atoms with van der Waals surface area (Å²) < 4.78 is 2.91. The van der Waals surface area contributed by atoms with Crippen LogP contribution in [0.4, 0.5) is 0 Å². The topological polar surface area (TPSA) is 56.9 Å². The number of hydrogen-bond donors (Lipinski definition) is 0. The third kappa shape index (κ3) is 2.06. The van der Waals surface area contributed by atoms with Crippen LogP contribution in [0, 0.1) is 6.92 Å². The summed E-state index contributed by atoms with van der Waals surface area (Å²) in [6.45, 7) is 2.00. The minimum Gasteiger partial charge on any atom is -0.294 e. The van der Waals surface area contributed by atoms with Crippen LogP contribution >= 0.6 is 0 Å². The van der Waals surface area contributed by atoms with E-state index in [9.17, 15) is 9.59 Å². The lowest BCUT2D eigenvalue weighted by atomic mass is 10.1. The van der Waals surface area contributed by atoms with Gasteiger partial charge in [-0.15, -0.1) is 0 Å². The van der Waals surface area contributed by atoms with Crippen LogP contribution in [0.3, 0.4) is 0 Å². The second-order valence-electron chi connectivity index (χ2n) is 5.87. The molecule has 5 heteroatoms. The van der Waals surface area contributed by atoms with E-state index in [0.717, 1.165) is 26.7 Å². The maximum atomic E-state index is 12.6. The number of nitrogens with zero attached hydrogens (tertiary/aromatic N) is 3. The molecule has 0 aliphatic carbocycles. The van der Waals surface area contributed by atoms with Gasteiger partial charge >= 0.3 is 5.69 Å². The molecule has 0 atom stereocenters. The number of aryl methyl sites for hydroxylation is 1. The number of para-hydroxylation sites is 1. The van der Waals surface area contributed by atoms with Crippen molar-refractivity contribution in [2.24, 2.45) is 7.05 Å². The number of benzene rings is 2. The molecule has 0 radical (unpaired) electrons. The van der Waals surface area contributed by atoms with Crippen LogP contribution in [0.25, 0.3) is 28.0 Å². The zero-order chi connectivity index (χ0) is 16.8. The van der Waals surface area contributed by atoms with Gasteiger partial charge in [-0.2, -0.15) is 4.98 Å². The van der Waals surface area contributed by atoms with Crippen molar-refractivity contribution < 1.29 is 0 Å². The Morgan fingerprint density at radius 3 is 2.54 bits per heavy atom. The van der Waals surface area contributed by atoms with Crippen molar-refractivity contribution in [1.29, 1.82) is 0 Å². The molecule has 2 aromatic rings. The highest BCUT2D eigenvalue weighted by molar-refractivity contribution is 5.87. The molecule has 24 heavy (non-hydrogen) atoms. The van der Waals surface area contributed by atoms with Crippen molar-refractivity contribution in [2.45, 2.75) is 6.92 Å². The average Bonchev–Trinajstić information content (AvgIpc) is 2.58. The minimum absolute atomic E-state index is 0.336. The second-order valence-corrected chi connectivity index (χ2v) is 5.87. The van der Waals surface area contributed by atoms with Crippen LogP contribution in [0.1, 0.15) is 5.56 Å². The fraction of sp³-hybridized carbons (Fsp3) is 0.105. The highest BCUT2D eigenvalue weighted by Crippen LogP contribution is 2.27. The van der Waals surface area contributed by atoms with Crippen molar-refractivity contribution >= 4 is 10.9 Å². The highest BCUT2D eigenvalue weighted by atomic mass is 16.2. The summed E-state index contributed by atoms with van der Waals surface area (Å²) in [4.78, 5) is 28.8. The molecule has 2 aliphatic heterocycles. The SMILES string of the molecule is Cc1cccc(-n2c3nc(=O)n(C)c(=O)c-3cc3ccccc32)c1. The summed E-state index contributed by atoms with van der Waals surface area (Å²) in [5.41, 5.74) is 2.40. The van der Waals surface area contributed by atoms with Crippen LogP contribution in [0.5, 0.6) is 0 Å². The number of rotatable bonds is 1. The summed E-state index contributed by atoms with van der Waals surface area (Å²) in [5.74, 6) is 0.382. The maximum Gasteiger partial charge on any atom is 0.352 e. The summed E-state index contributed by atoms with van der Waals surface area (Å²) >= 11 is 0. The molecule has 2 heterocycles. The Bertz CT molecular complexity index is 1170. The Kier molecular flexibility index (Phi) is 3.09. The number of aromatic nitrogens is 3. The smallest absolute Gasteiger partial charge is 0.294 e. The van der Waals surface area contributed by atoms with Gasteiger partial charge in [-0.3, -0.25) is 13.9 Å². The molecule has 2 aromatic carbocycles. The van der Waals surface area contributed by atoms with Crippen LogP contribution in [0.2, 0.25) is 0 Å². The largest absolute Gasteiger partial charge is 0.352 e. The maximum absolute atomic E-state index is 12.6. The fourth-order valence-corrected chi connectivity index (χ4v) is 3.00. The predicted molar refractivity (Wildman–Crippen MR) is 93.9 cm³/mol. The minimum atomic E-state index is -0.552.